The molecule has 0 unspecified atom stereocenters. The van der Waals surface area contributed by atoms with E-state index in [1.54, 1.807) is 23.1 Å². The minimum absolute atomic E-state index is 0.187. The highest BCUT2D eigenvalue weighted by atomic mass is 35.5. The molecule has 1 saturated heterocycles. The van der Waals surface area contributed by atoms with Gasteiger partial charge in [0.2, 0.25) is 0 Å². The summed E-state index contributed by atoms with van der Waals surface area (Å²) in [6.07, 6.45) is 2.79. The Morgan fingerprint density at radius 2 is 1.91 bits per heavy atom. The number of hydrogen-bond donors (Lipinski definition) is 1. The Morgan fingerprint density at radius 1 is 1.18 bits per heavy atom. The predicted octanol–water partition coefficient (Wildman–Crippen LogP) is 2.87. The van der Waals surface area contributed by atoms with Crippen molar-refractivity contribution in [1.29, 1.82) is 0 Å². The van der Waals surface area contributed by atoms with Gasteiger partial charge in [-0.25, -0.2) is 0 Å². The number of rotatable bonds is 3. The standard InChI is InChI=1S/C16H14ClNO4/c17-12-3-1-10(2-4-12)13-7-18(8-14(13)16(20)21)15(19)11-5-6-22-9-11/h1-6,9,13-14H,7-8H2,(H,20,21)/t13-,14+/m0/s1. The zero-order valence-corrected chi connectivity index (χ0v) is 12.4. The summed E-state index contributed by atoms with van der Waals surface area (Å²) in [6.45, 7) is 0.551. The smallest absolute Gasteiger partial charge is 0.308 e. The predicted molar refractivity (Wildman–Crippen MR) is 79.9 cm³/mol. The van der Waals surface area contributed by atoms with Crippen molar-refractivity contribution in [1.82, 2.24) is 4.90 Å². The molecule has 1 fully saturated rings. The lowest BCUT2D eigenvalue weighted by molar-refractivity contribution is -0.141. The van der Waals surface area contributed by atoms with Crippen LogP contribution in [0.2, 0.25) is 5.02 Å². The molecule has 2 aromatic rings. The van der Waals surface area contributed by atoms with Gasteiger partial charge in [-0.15, -0.1) is 0 Å². The van der Waals surface area contributed by atoms with E-state index in [2.05, 4.69) is 0 Å². The van der Waals surface area contributed by atoms with Crippen molar-refractivity contribution in [3.8, 4) is 0 Å². The van der Waals surface area contributed by atoms with Gasteiger partial charge >= 0.3 is 5.97 Å². The number of likely N-dealkylation sites (tertiary alicyclic amines) is 1. The minimum Gasteiger partial charge on any atom is -0.481 e. The van der Waals surface area contributed by atoms with Gasteiger partial charge in [0.05, 0.1) is 17.7 Å². The molecule has 5 nitrogen and oxygen atoms in total. The normalized spacial score (nSPS) is 21.0. The fraction of sp³-hybridized carbons (Fsp3) is 0.250. The van der Waals surface area contributed by atoms with E-state index in [0.29, 0.717) is 17.1 Å². The largest absolute Gasteiger partial charge is 0.481 e. The summed E-state index contributed by atoms with van der Waals surface area (Å²) in [5.41, 5.74) is 1.31. The zero-order valence-electron chi connectivity index (χ0n) is 11.6. The Labute approximate surface area is 132 Å². The molecule has 22 heavy (non-hydrogen) atoms. The van der Waals surface area contributed by atoms with Crippen molar-refractivity contribution in [3.63, 3.8) is 0 Å². The van der Waals surface area contributed by atoms with E-state index in [-0.39, 0.29) is 18.4 Å². The van der Waals surface area contributed by atoms with Crippen LogP contribution < -0.4 is 0 Å². The van der Waals surface area contributed by atoms with Crippen molar-refractivity contribution < 1.29 is 19.1 Å². The molecule has 114 valence electrons. The first kappa shape index (κ1) is 14.7. The quantitative estimate of drug-likeness (QED) is 0.944. The Hall–Kier alpha value is -2.27. The van der Waals surface area contributed by atoms with Gasteiger partial charge in [0.1, 0.15) is 6.26 Å². The first-order chi connectivity index (χ1) is 10.6. The number of nitrogens with zero attached hydrogens (tertiary/aromatic N) is 1. The van der Waals surface area contributed by atoms with E-state index < -0.39 is 11.9 Å². The minimum atomic E-state index is -0.901. The van der Waals surface area contributed by atoms with Crippen LogP contribution >= 0.6 is 11.6 Å². The van der Waals surface area contributed by atoms with Crippen LogP contribution in [0.3, 0.4) is 0 Å². The number of amides is 1. The van der Waals surface area contributed by atoms with Crippen LogP contribution in [-0.2, 0) is 4.79 Å². The maximum absolute atomic E-state index is 12.4. The first-order valence-electron chi connectivity index (χ1n) is 6.86. The van der Waals surface area contributed by atoms with Crippen LogP contribution in [0.15, 0.2) is 47.3 Å². The maximum Gasteiger partial charge on any atom is 0.308 e. The number of furan rings is 1. The van der Waals surface area contributed by atoms with Gasteiger partial charge in [0.25, 0.3) is 5.91 Å². The molecule has 1 amide bonds. The summed E-state index contributed by atoms with van der Waals surface area (Å²) in [5, 5.41) is 10.0. The van der Waals surface area contributed by atoms with Crippen molar-refractivity contribution in [3.05, 3.63) is 59.0 Å². The second-order valence-electron chi connectivity index (χ2n) is 5.32. The topological polar surface area (TPSA) is 70.8 Å². The molecule has 1 aliphatic rings. The molecule has 1 aromatic carbocycles. The maximum atomic E-state index is 12.4. The molecule has 1 aromatic heterocycles. The number of carbonyl (C=O) groups is 2. The lowest BCUT2D eigenvalue weighted by Gasteiger charge is -2.15. The number of benzene rings is 1. The molecule has 1 aliphatic heterocycles. The molecular weight excluding hydrogens is 306 g/mol. The van der Waals surface area contributed by atoms with Crippen LogP contribution in [0.5, 0.6) is 0 Å². The third-order valence-corrected chi connectivity index (χ3v) is 4.24. The Morgan fingerprint density at radius 3 is 2.50 bits per heavy atom. The van der Waals surface area contributed by atoms with E-state index in [1.807, 2.05) is 12.1 Å². The van der Waals surface area contributed by atoms with Gasteiger partial charge in [0, 0.05) is 24.0 Å². The lowest BCUT2D eigenvalue weighted by atomic mass is 9.89. The van der Waals surface area contributed by atoms with Gasteiger partial charge in [-0.2, -0.15) is 0 Å². The molecule has 0 bridgehead atoms. The van der Waals surface area contributed by atoms with Gasteiger partial charge in [0.15, 0.2) is 0 Å². The monoisotopic (exact) mass is 319 g/mol. The lowest BCUT2D eigenvalue weighted by Crippen LogP contribution is -2.29. The van der Waals surface area contributed by atoms with Gasteiger partial charge in [-0.3, -0.25) is 9.59 Å². The summed E-state index contributed by atoms with van der Waals surface area (Å²) in [7, 11) is 0. The molecule has 2 atom stereocenters. The molecule has 3 rings (SSSR count). The second-order valence-corrected chi connectivity index (χ2v) is 5.76. The zero-order chi connectivity index (χ0) is 15.7. The van der Waals surface area contributed by atoms with Crippen molar-refractivity contribution in [2.75, 3.05) is 13.1 Å². The third-order valence-electron chi connectivity index (χ3n) is 3.99. The van der Waals surface area contributed by atoms with E-state index in [1.165, 1.54) is 12.5 Å². The number of hydrogen-bond acceptors (Lipinski definition) is 3. The number of aliphatic carboxylic acids is 1. The molecule has 0 radical (unpaired) electrons. The number of carboxylic acids is 1. The number of halogens is 1. The fourth-order valence-corrected chi connectivity index (χ4v) is 2.96. The van der Waals surface area contributed by atoms with Gasteiger partial charge < -0.3 is 14.4 Å². The second kappa shape index (κ2) is 5.85. The number of carbonyl (C=O) groups excluding carboxylic acids is 1. The molecule has 0 aliphatic carbocycles. The van der Waals surface area contributed by atoms with Crippen LogP contribution in [0.25, 0.3) is 0 Å². The van der Waals surface area contributed by atoms with Gasteiger partial charge in [-0.1, -0.05) is 23.7 Å². The summed E-state index contributed by atoms with van der Waals surface area (Å²) in [4.78, 5) is 25.4. The molecule has 2 heterocycles. The van der Waals surface area contributed by atoms with E-state index in [4.69, 9.17) is 16.0 Å². The third kappa shape index (κ3) is 2.72. The average molecular weight is 320 g/mol. The number of carboxylic acid groups (broad SMARTS) is 1. The molecule has 6 heteroatoms. The average Bonchev–Trinajstić information content (AvgIpc) is 3.17. The summed E-state index contributed by atoms with van der Waals surface area (Å²) >= 11 is 5.87. The van der Waals surface area contributed by atoms with Crippen LogP contribution in [-0.4, -0.2) is 35.0 Å². The molecular formula is C16H14ClNO4. The summed E-state index contributed by atoms with van der Waals surface area (Å²) in [6, 6.07) is 8.67. The SMILES string of the molecule is O=C(O)[C@@H]1CN(C(=O)c2ccoc2)C[C@H]1c1ccc(Cl)cc1. The van der Waals surface area contributed by atoms with Crippen molar-refractivity contribution in [2.45, 2.75) is 5.92 Å². The van der Waals surface area contributed by atoms with E-state index in [9.17, 15) is 14.7 Å². The van der Waals surface area contributed by atoms with E-state index >= 15 is 0 Å². The molecule has 0 spiro atoms. The van der Waals surface area contributed by atoms with Gasteiger partial charge in [-0.05, 0) is 23.8 Å². The van der Waals surface area contributed by atoms with Crippen LogP contribution in [0, 0.1) is 5.92 Å². The summed E-state index contributed by atoms with van der Waals surface area (Å²) < 4.78 is 4.92. The summed E-state index contributed by atoms with van der Waals surface area (Å²) in [5.74, 6) is -1.98. The Bertz CT molecular complexity index is 681. The van der Waals surface area contributed by atoms with Crippen molar-refractivity contribution >= 4 is 23.5 Å². The highest BCUT2D eigenvalue weighted by Gasteiger charge is 2.40. The highest BCUT2D eigenvalue weighted by Crippen LogP contribution is 2.34. The van der Waals surface area contributed by atoms with E-state index in [0.717, 1.165) is 5.56 Å². The molecule has 1 N–H and O–H groups in total. The first-order valence-corrected chi connectivity index (χ1v) is 7.24. The fourth-order valence-electron chi connectivity index (χ4n) is 2.84. The molecule has 0 saturated carbocycles. The Balaban J connectivity index is 1.85. The van der Waals surface area contributed by atoms with Crippen molar-refractivity contribution in [2.24, 2.45) is 5.92 Å². The highest BCUT2D eigenvalue weighted by molar-refractivity contribution is 6.30. The van der Waals surface area contributed by atoms with Crippen LogP contribution in [0.1, 0.15) is 21.8 Å². The Kier molecular flexibility index (Phi) is 3.90. The van der Waals surface area contributed by atoms with Crippen LogP contribution in [0.4, 0.5) is 0 Å².